The number of rotatable bonds is 8. The monoisotopic (exact) mass is 366 g/mol. The molecular weight excluding hydrogens is 340 g/mol. The van der Waals surface area contributed by atoms with Crippen LogP contribution >= 0.6 is 0 Å². The third-order valence-electron chi connectivity index (χ3n) is 4.82. The van der Waals surface area contributed by atoms with E-state index in [1.165, 1.54) is 0 Å². The normalized spacial score (nSPS) is 18.6. The minimum absolute atomic E-state index is 0.00137. The summed E-state index contributed by atoms with van der Waals surface area (Å²) in [6, 6.07) is 15.4. The third-order valence-corrected chi connectivity index (χ3v) is 4.82. The second-order valence-corrected chi connectivity index (χ2v) is 6.64. The van der Waals surface area contributed by atoms with Gasteiger partial charge >= 0.3 is 0 Å². The maximum atomic E-state index is 13.3. The van der Waals surface area contributed by atoms with Gasteiger partial charge in [0.05, 0.1) is 5.56 Å². The van der Waals surface area contributed by atoms with Crippen molar-refractivity contribution < 1.29 is 14.3 Å². The molecule has 1 N–H and O–H groups in total. The van der Waals surface area contributed by atoms with Gasteiger partial charge in [-0.3, -0.25) is 4.79 Å². The van der Waals surface area contributed by atoms with Crippen LogP contribution in [0, 0.1) is 0 Å². The van der Waals surface area contributed by atoms with Gasteiger partial charge in [0.1, 0.15) is 18.0 Å². The summed E-state index contributed by atoms with van der Waals surface area (Å²) in [7, 11) is 1.67. The van der Waals surface area contributed by atoms with E-state index in [0.717, 1.165) is 23.4 Å². The number of methoxy groups -OCH3 is 1. The minimum Gasteiger partial charge on any atom is -0.489 e. The molecule has 1 amide bonds. The zero-order chi connectivity index (χ0) is 19.3. The number of nitrogens with one attached hydrogen (secondary N) is 1. The van der Waals surface area contributed by atoms with E-state index in [1.54, 1.807) is 13.2 Å². The van der Waals surface area contributed by atoms with Crippen LogP contribution in [-0.4, -0.2) is 37.7 Å². The molecule has 1 aliphatic heterocycles. The number of nitrogens with zero attached hydrogens (tertiary/aromatic N) is 1. The number of para-hydroxylation sites is 2. The van der Waals surface area contributed by atoms with Crippen LogP contribution in [0.5, 0.6) is 5.75 Å². The van der Waals surface area contributed by atoms with Crippen molar-refractivity contribution in [1.82, 2.24) is 4.90 Å². The van der Waals surface area contributed by atoms with Crippen LogP contribution in [-0.2, 0) is 10.4 Å². The Morgan fingerprint density at radius 2 is 1.93 bits per heavy atom. The second kappa shape index (κ2) is 8.27. The number of carbonyl (C=O) groups is 1. The Hall–Kier alpha value is -2.79. The van der Waals surface area contributed by atoms with Gasteiger partial charge in [-0.15, -0.1) is 0 Å². The van der Waals surface area contributed by atoms with Crippen LogP contribution < -0.4 is 10.1 Å². The maximum Gasteiger partial charge on any atom is 0.258 e. The van der Waals surface area contributed by atoms with Gasteiger partial charge in [-0.05, 0) is 31.5 Å². The predicted octanol–water partition coefficient (Wildman–Crippen LogP) is 4.03. The van der Waals surface area contributed by atoms with E-state index in [9.17, 15) is 4.79 Å². The van der Waals surface area contributed by atoms with Gasteiger partial charge in [0.15, 0.2) is 0 Å². The molecular formula is C22H26N2O3. The summed E-state index contributed by atoms with van der Waals surface area (Å²) in [5, 5.41) is 3.57. The van der Waals surface area contributed by atoms with Crippen molar-refractivity contribution in [2.24, 2.45) is 0 Å². The van der Waals surface area contributed by atoms with Crippen molar-refractivity contribution in [3.8, 4) is 5.75 Å². The first-order chi connectivity index (χ1) is 13.1. The van der Waals surface area contributed by atoms with Crippen LogP contribution in [0.1, 0.15) is 29.3 Å². The van der Waals surface area contributed by atoms with E-state index in [1.807, 2.05) is 60.4 Å². The molecule has 0 spiro atoms. The second-order valence-electron chi connectivity index (χ2n) is 6.64. The molecule has 2 aromatic rings. The molecule has 1 atom stereocenters. The molecule has 0 aliphatic carbocycles. The van der Waals surface area contributed by atoms with Crippen LogP contribution in [0.3, 0.4) is 0 Å². The number of fused-ring (bicyclic) bond motifs is 1. The van der Waals surface area contributed by atoms with Crippen LogP contribution in [0.25, 0.3) is 0 Å². The highest BCUT2D eigenvalue weighted by atomic mass is 16.5. The summed E-state index contributed by atoms with van der Waals surface area (Å²) in [5.74, 6) is 0.734. The SMILES string of the molecule is C=CCOc1ccccc1C1(C)Nc2ccccc2C(=O)N1CCCOC. The summed E-state index contributed by atoms with van der Waals surface area (Å²) in [6.45, 7) is 7.31. The summed E-state index contributed by atoms with van der Waals surface area (Å²) >= 11 is 0. The van der Waals surface area contributed by atoms with Gasteiger partial charge in [0, 0.05) is 31.5 Å². The van der Waals surface area contributed by atoms with E-state index in [-0.39, 0.29) is 5.91 Å². The first-order valence-corrected chi connectivity index (χ1v) is 9.13. The van der Waals surface area contributed by atoms with Crippen molar-refractivity contribution in [2.75, 3.05) is 32.2 Å². The van der Waals surface area contributed by atoms with Crippen LogP contribution in [0.2, 0.25) is 0 Å². The maximum absolute atomic E-state index is 13.3. The molecule has 1 unspecified atom stereocenters. The number of benzene rings is 2. The van der Waals surface area contributed by atoms with E-state index >= 15 is 0 Å². The zero-order valence-electron chi connectivity index (χ0n) is 15.9. The third kappa shape index (κ3) is 3.69. The van der Waals surface area contributed by atoms with E-state index in [2.05, 4.69) is 11.9 Å². The van der Waals surface area contributed by atoms with E-state index in [0.29, 0.717) is 25.3 Å². The fourth-order valence-corrected chi connectivity index (χ4v) is 3.51. The number of hydrogen-bond acceptors (Lipinski definition) is 4. The molecule has 0 saturated carbocycles. The van der Waals surface area contributed by atoms with Crippen molar-refractivity contribution in [3.05, 3.63) is 72.3 Å². The first-order valence-electron chi connectivity index (χ1n) is 9.13. The molecule has 0 bridgehead atoms. The zero-order valence-corrected chi connectivity index (χ0v) is 15.9. The summed E-state index contributed by atoms with van der Waals surface area (Å²) < 4.78 is 11.1. The van der Waals surface area contributed by atoms with Crippen molar-refractivity contribution >= 4 is 11.6 Å². The Kier molecular flexibility index (Phi) is 5.81. The molecule has 2 aromatic carbocycles. The highest BCUT2D eigenvalue weighted by Gasteiger charge is 2.43. The number of carbonyl (C=O) groups excluding carboxylic acids is 1. The minimum atomic E-state index is -0.739. The van der Waals surface area contributed by atoms with Crippen LogP contribution in [0.15, 0.2) is 61.2 Å². The summed E-state index contributed by atoms with van der Waals surface area (Å²) in [4.78, 5) is 15.2. The molecule has 27 heavy (non-hydrogen) atoms. The van der Waals surface area contributed by atoms with Crippen molar-refractivity contribution in [2.45, 2.75) is 19.0 Å². The smallest absolute Gasteiger partial charge is 0.258 e. The Bertz CT molecular complexity index is 821. The topological polar surface area (TPSA) is 50.8 Å². The van der Waals surface area contributed by atoms with Crippen molar-refractivity contribution in [1.29, 1.82) is 0 Å². The number of ether oxygens (including phenoxy) is 2. The number of hydrogen-bond donors (Lipinski definition) is 1. The predicted molar refractivity (Wildman–Crippen MR) is 107 cm³/mol. The molecule has 142 valence electrons. The fourth-order valence-electron chi connectivity index (χ4n) is 3.51. The number of amides is 1. The quantitative estimate of drug-likeness (QED) is 0.566. The summed E-state index contributed by atoms with van der Waals surface area (Å²) in [6.07, 6.45) is 2.46. The molecule has 0 saturated heterocycles. The van der Waals surface area contributed by atoms with Gasteiger partial charge in [-0.1, -0.05) is 43.0 Å². The van der Waals surface area contributed by atoms with E-state index in [4.69, 9.17) is 9.47 Å². The lowest BCUT2D eigenvalue weighted by molar-refractivity contribution is 0.0499. The Morgan fingerprint density at radius 1 is 1.19 bits per heavy atom. The Morgan fingerprint density at radius 3 is 2.70 bits per heavy atom. The average Bonchev–Trinajstić information content (AvgIpc) is 2.69. The van der Waals surface area contributed by atoms with E-state index < -0.39 is 5.66 Å². The average molecular weight is 366 g/mol. The first kappa shape index (κ1) is 19.0. The highest BCUT2D eigenvalue weighted by molar-refractivity contribution is 6.02. The van der Waals surface area contributed by atoms with Gasteiger partial charge in [0.2, 0.25) is 0 Å². The highest BCUT2D eigenvalue weighted by Crippen LogP contribution is 2.41. The molecule has 5 heteroatoms. The lowest BCUT2D eigenvalue weighted by Crippen LogP contribution is -2.56. The van der Waals surface area contributed by atoms with Crippen LogP contribution in [0.4, 0.5) is 5.69 Å². The molecule has 0 radical (unpaired) electrons. The molecule has 5 nitrogen and oxygen atoms in total. The molecule has 3 rings (SSSR count). The molecule has 0 fully saturated rings. The summed E-state index contributed by atoms with van der Waals surface area (Å²) in [5.41, 5.74) is 1.67. The molecule has 1 aliphatic rings. The standard InChI is InChI=1S/C22H26N2O3/c1-4-15-27-20-13-8-6-11-18(20)22(2)23-19-12-7-5-10-17(19)21(25)24(22)14-9-16-26-3/h4-8,10-13,23H,1,9,14-16H2,2-3H3. The number of anilines is 1. The van der Waals surface area contributed by atoms with Crippen molar-refractivity contribution in [3.63, 3.8) is 0 Å². The fraction of sp³-hybridized carbons (Fsp3) is 0.318. The Labute approximate surface area is 160 Å². The lowest BCUT2D eigenvalue weighted by Gasteiger charge is -2.47. The van der Waals surface area contributed by atoms with Gasteiger partial charge < -0.3 is 19.7 Å². The lowest BCUT2D eigenvalue weighted by atomic mass is 9.92. The van der Waals surface area contributed by atoms with Gasteiger partial charge in [-0.2, -0.15) is 0 Å². The largest absolute Gasteiger partial charge is 0.489 e. The Balaban J connectivity index is 2.06. The molecule has 0 aromatic heterocycles. The van der Waals surface area contributed by atoms with Gasteiger partial charge in [-0.25, -0.2) is 0 Å². The van der Waals surface area contributed by atoms with Gasteiger partial charge in [0.25, 0.3) is 5.91 Å². The molecule has 1 heterocycles.